The first-order valence-corrected chi connectivity index (χ1v) is 11.9. The fourth-order valence-electron chi connectivity index (χ4n) is 5.00. The molecule has 7 heteroatoms. The number of H-pyrrole nitrogens is 1. The van der Waals surface area contributed by atoms with E-state index in [1.165, 1.54) is 12.8 Å². The number of aromatic amines is 1. The van der Waals surface area contributed by atoms with Gasteiger partial charge < -0.3 is 4.90 Å². The summed E-state index contributed by atoms with van der Waals surface area (Å²) in [4.78, 5) is 27.2. The molecule has 29 heavy (non-hydrogen) atoms. The summed E-state index contributed by atoms with van der Waals surface area (Å²) in [5, 5.41) is 9.74. The van der Waals surface area contributed by atoms with Gasteiger partial charge in [0.2, 0.25) is 5.91 Å². The van der Waals surface area contributed by atoms with Crippen LogP contribution in [0.1, 0.15) is 58.2 Å². The Labute approximate surface area is 176 Å². The molecule has 1 aliphatic carbocycles. The second-order valence-corrected chi connectivity index (χ2v) is 9.99. The van der Waals surface area contributed by atoms with Gasteiger partial charge in [-0.2, -0.15) is 5.10 Å². The summed E-state index contributed by atoms with van der Waals surface area (Å²) >= 11 is 1.54. The van der Waals surface area contributed by atoms with Crippen molar-refractivity contribution < 1.29 is 4.79 Å². The lowest BCUT2D eigenvalue weighted by molar-refractivity contribution is -0.138. The smallest absolute Gasteiger partial charge is 0.342 e. The molecule has 4 rings (SSSR count). The van der Waals surface area contributed by atoms with E-state index in [4.69, 9.17) is 0 Å². The average molecular weight is 417 g/mol. The molecule has 6 nitrogen and oxygen atoms in total. The number of carbonyl (C=O) groups excluding carboxylic acids is 1. The van der Waals surface area contributed by atoms with Crippen molar-refractivity contribution in [3.63, 3.8) is 0 Å². The monoisotopic (exact) mass is 416 g/mol. The summed E-state index contributed by atoms with van der Waals surface area (Å²) in [6.07, 6.45) is 7.26. The van der Waals surface area contributed by atoms with Crippen molar-refractivity contribution >= 4 is 17.2 Å². The van der Waals surface area contributed by atoms with Gasteiger partial charge >= 0.3 is 5.69 Å². The highest BCUT2D eigenvalue weighted by molar-refractivity contribution is 7.12. The summed E-state index contributed by atoms with van der Waals surface area (Å²) in [6.45, 7) is 6.27. The molecule has 2 aliphatic rings. The number of rotatable bonds is 5. The number of hydrogen-bond acceptors (Lipinski definition) is 4. The fraction of sp³-hybridized carbons (Fsp3) is 0.682. The molecule has 0 radical (unpaired) electrons. The van der Waals surface area contributed by atoms with Crippen molar-refractivity contribution in [2.75, 3.05) is 13.1 Å². The Bertz CT molecular complexity index is 854. The standard InChI is InChI=1S/C22H32N4O2S/c1-15(2)17-5-7-18(8-6-17)21(27)25-11-9-16(10-12-25)14-19-23-24-22(28)26(19)20-4-3-13-29-20/h3-4,13,15-18H,5-12,14H2,1-2H3,(H,24,28). The highest BCUT2D eigenvalue weighted by Gasteiger charge is 2.32. The number of hydrogen-bond donors (Lipinski definition) is 1. The zero-order chi connectivity index (χ0) is 20.4. The number of nitrogens with zero attached hydrogens (tertiary/aromatic N) is 3. The second kappa shape index (κ2) is 8.86. The number of likely N-dealkylation sites (tertiary alicyclic amines) is 1. The highest BCUT2D eigenvalue weighted by Crippen LogP contribution is 2.35. The maximum Gasteiger partial charge on any atom is 0.348 e. The van der Waals surface area contributed by atoms with Crippen LogP contribution in [0.3, 0.4) is 0 Å². The van der Waals surface area contributed by atoms with Gasteiger partial charge in [0, 0.05) is 25.4 Å². The maximum atomic E-state index is 13.0. The largest absolute Gasteiger partial charge is 0.348 e. The predicted molar refractivity (Wildman–Crippen MR) is 115 cm³/mol. The van der Waals surface area contributed by atoms with Gasteiger partial charge in [0.25, 0.3) is 0 Å². The normalized spacial score (nSPS) is 23.6. The quantitative estimate of drug-likeness (QED) is 0.804. The van der Waals surface area contributed by atoms with Crippen molar-refractivity contribution in [1.29, 1.82) is 0 Å². The topological polar surface area (TPSA) is 71.0 Å². The molecule has 158 valence electrons. The summed E-state index contributed by atoms with van der Waals surface area (Å²) in [5.41, 5.74) is -0.174. The lowest BCUT2D eigenvalue weighted by Gasteiger charge is -2.37. The van der Waals surface area contributed by atoms with Crippen LogP contribution in [0.25, 0.3) is 5.00 Å². The van der Waals surface area contributed by atoms with E-state index in [0.29, 0.717) is 11.8 Å². The van der Waals surface area contributed by atoms with Crippen LogP contribution in [0, 0.1) is 23.7 Å². The van der Waals surface area contributed by atoms with Crippen molar-refractivity contribution in [2.45, 2.75) is 58.8 Å². The van der Waals surface area contributed by atoms with Crippen LogP contribution in [0.2, 0.25) is 0 Å². The Morgan fingerprint density at radius 2 is 1.93 bits per heavy atom. The number of carbonyl (C=O) groups is 1. The Morgan fingerprint density at radius 1 is 1.21 bits per heavy atom. The second-order valence-electron chi connectivity index (χ2n) is 9.06. The summed E-state index contributed by atoms with van der Waals surface area (Å²) in [6, 6.07) is 3.89. The van der Waals surface area contributed by atoms with Gasteiger partial charge in [0.05, 0.1) is 0 Å². The molecule has 2 aromatic rings. The molecule has 2 aromatic heterocycles. The zero-order valence-corrected chi connectivity index (χ0v) is 18.3. The van der Waals surface area contributed by atoms with Gasteiger partial charge in [0.15, 0.2) is 0 Å². The molecule has 0 unspecified atom stereocenters. The van der Waals surface area contributed by atoms with Crippen LogP contribution in [-0.2, 0) is 11.2 Å². The Kier molecular flexibility index (Phi) is 6.23. The molecule has 1 aliphatic heterocycles. The van der Waals surface area contributed by atoms with Gasteiger partial charge in [0.1, 0.15) is 10.8 Å². The minimum Gasteiger partial charge on any atom is -0.342 e. The van der Waals surface area contributed by atoms with Crippen molar-refractivity contribution in [1.82, 2.24) is 19.7 Å². The highest BCUT2D eigenvalue weighted by atomic mass is 32.1. The molecule has 2 fully saturated rings. The summed E-state index contributed by atoms with van der Waals surface area (Å²) in [5.74, 6) is 3.40. The molecule has 3 heterocycles. The van der Waals surface area contributed by atoms with Crippen LogP contribution in [0.4, 0.5) is 0 Å². The van der Waals surface area contributed by atoms with E-state index in [0.717, 1.165) is 67.9 Å². The maximum absolute atomic E-state index is 13.0. The first kappa shape index (κ1) is 20.4. The molecular weight excluding hydrogens is 384 g/mol. The SMILES string of the molecule is CC(C)C1CCC(C(=O)N2CCC(Cc3n[nH]c(=O)n3-c3cccs3)CC2)CC1. The Morgan fingerprint density at radius 3 is 2.55 bits per heavy atom. The van der Waals surface area contributed by atoms with Gasteiger partial charge in [-0.3, -0.25) is 4.79 Å². The zero-order valence-electron chi connectivity index (χ0n) is 17.5. The molecule has 1 amide bonds. The van der Waals surface area contributed by atoms with Crippen molar-refractivity contribution in [3.8, 4) is 5.00 Å². The van der Waals surface area contributed by atoms with Crippen LogP contribution in [-0.4, -0.2) is 38.7 Å². The molecule has 0 bridgehead atoms. The van der Waals surface area contributed by atoms with Gasteiger partial charge in [-0.25, -0.2) is 14.5 Å². The molecule has 0 atom stereocenters. The lowest BCUT2D eigenvalue weighted by atomic mass is 9.76. The Hall–Kier alpha value is -1.89. The number of thiophene rings is 1. The van der Waals surface area contributed by atoms with Gasteiger partial charge in [-0.05, 0) is 73.8 Å². The Balaban J connectivity index is 1.31. The molecule has 0 spiro atoms. The van der Waals surface area contributed by atoms with E-state index in [1.807, 2.05) is 17.5 Å². The van der Waals surface area contributed by atoms with Crippen LogP contribution in [0.5, 0.6) is 0 Å². The third kappa shape index (κ3) is 4.49. The predicted octanol–water partition coefficient (Wildman–Crippen LogP) is 3.87. The lowest BCUT2D eigenvalue weighted by Crippen LogP contribution is -2.43. The molecule has 0 aromatic carbocycles. The molecule has 1 N–H and O–H groups in total. The van der Waals surface area contributed by atoms with Crippen LogP contribution in [0.15, 0.2) is 22.3 Å². The number of aromatic nitrogens is 3. The molecular formula is C22H32N4O2S. The van der Waals surface area contributed by atoms with E-state index < -0.39 is 0 Å². The third-order valence-corrected chi connectivity index (χ3v) is 7.78. The van der Waals surface area contributed by atoms with Gasteiger partial charge in [-0.1, -0.05) is 13.8 Å². The van der Waals surface area contributed by atoms with E-state index in [-0.39, 0.29) is 11.6 Å². The first-order valence-electron chi connectivity index (χ1n) is 11.0. The van der Waals surface area contributed by atoms with Crippen LogP contribution >= 0.6 is 11.3 Å². The van der Waals surface area contributed by atoms with E-state index in [1.54, 1.807) is 15.9 Å². The fourth-order valence-corrected chi connectivity index (χ4v) is 5.74. The number of piperidine rings is 1. The third-order valence-electron chi connectivity index (χ3n) is 6.93. The first-order chi connectivity index (χ1) is 14.0. The minimum absolute atomic E-state index is 0.174. The minimum atomic E-state index is -0.174. The van der Waals surface area contributed by atoms with Crippen molar-refractivity contribution in [2.24, 2.45) is 23.7 Å². The summed E-state index contributed by atoms with van der Waals surface area (Å²) in [7, 11) is 0. The van der Waals surface area contributed by atoms with E-state index in [9.17, 15) is 9.59 Å². The van der Waals surface area contributed by atoms with Crippen molar-refractivity contribution in [3.05, 3.63) is 33.8 Å². The summed E-state index contributed by atoms with van der Waals surface area (Å²) < 4.78 is 1.69. The number of nitrogens with one attached hydrogen (secondary N) is 1. The van der Waals surface area contributed by atoms with Crippen LogP contribution < -0.4 is 5.69 Å². The number of amides is 1. The average Bonchev–Trinajstić information content (AvgIpc) is 3.38. The molecule has 1 saturated heterocycles. The van der Waals surface area contributed by atoms with E-state index >= 15 is 0 Å². The van der Waals surface area contributed by atoms with Gasteiger partial charge in [-0.15, -0.1) is 11.3 Å². The molecule has 1 saturated carbocycles. The van der Waals surface area contributed by atoms with E-state index in [2.05, 4.69) is 28.9 Å².